The number of amides is 1. The molecule has 8 heteroatoms. The Kier molecular flexibility index (Phi) is 5.34. The van der Waals surface area contributed by atoms with Gasteiger partial charge in [-0.15, -0.1) is 11.3 Å². The van der Waals surface area contributed by atoms with Gasteiger partial charge < -0.3 is 4.74 Å². The zero-order valence-corrected chi connectivity index (χ0v) is 20.8. The SMILES string of the molecule is Cc1ccc2c(c1)N(C(=O)c1ncc(C)s1)[C@@H](C)[C@@H]2Oc1ccc2c(cnn2-c2ccc(F)cc2)c1. The van der Waals surface area contributed by atoms with Crippen molar-refractivity contribution in [2.75, 3.05) is 4.90 Å². The van der Waals surface area contributed by atoms with Gasteiger partial charge in [0.05, 0.1) is 29.1 Å². The molecular formula is C28H23FN4O2S. The second-order valence-electron chi connectivity index (χ2n) is 9.05. The van der Waals surface area contributed by atoms with Crippen molar-refractivity contribution in [3.05, 3.63) is 99.9 Å². The molecule has 0 saturated heterocycles. The van der Waals surface area contributed by atoms with Crippen LogP contribution >= 0.6 is 11.3 Å². The Morgan fingerprint density at radius 3 is 2.58 bits per heavy atom. The second kappa shape index (κ2) is 8.57. The first-order valence-corrected chi connectivity index (χ1v) is 12.5. The Morgan fingerprint density at radius 2 is 1.83 bits per heavy atom. The average Bonchev–Trinajstić information content (AvgIpc) is 3.55. The van der Waals surface area contributed by atoms with Crippen molar-refractivity contribution in [1.29, 1.82) is 0 Å². The molecule has 1 aliphatic heterocycles. The number of carbonyl (C=O) groups excluding carboxylic acids is 1. The topological polar surface area (TPSA) is 60.3 Å². The lowest BCUT2D eigenvalue weighted by atomic mass is 10.1. The minimum Gasteiger partial charge on any atom is -0.483 e. The summed E-state index contributed by atoms with van der Waals surface area (Å²) < 4.78 is 21.6. The van der Waals surface area contributed by atoms with Crippen LogP contribution in [0.15, 0.2) is 73.1 Å². The summed E-state index contributed by atoms with van der Waals surface area (Å²) in [7, 11) is 0. The molecule has 0 spiro atoms. The molecule has 6 rings (SSSR count). The van der Waals surface area contributed by atoms with Gasteiger partial charge in [0.1, 0.15) is 17.7 Å². The summed E-state index contributed by atoms with van der Waals surface area (Å²) in [5.41, 5.74) is 4.57. The van der Waals surface area contributed by atoms with Crippen LogP contribution in [-0.2, 0) is 0 Å². The highest BCUT2D eigenvalue weighted by Gasteiger charge is 2.41. The Bertz CT molecular complexity index is 1610. The van der Waals surface area contributed by atoms with Crippen molar-refractivity contribution in [2.24, 2.45) is 0 Å². The van der Waals surface area contributed by atoms with Crippen LogP contribution in [0.2, 0.25) is 0 Å². The minimum atomic E-state index is -0.338. The number of thiazole rings is 1. The van der Waals surface area contributed by atoms with Gasteiger partial charge in [-0.1, -0.05) is 12.1 Å². The number of ether oxygens (including phenoxy) is 1. The van der Waals surface area contributed by atoms with E-state index in [0.29, 0.717) is 10.8 Å². The number of nitrogens with zero attached hydrogens (tertiary/aromatic N) is 4. The van der Waals surface area contributed by atoms with Crippen LogP contribution in [0.5, 0.6) is 5.75 Å². The third-order valence-corrected chi connectivity index (χ3v) is 7.39. The first-order chi connectivity index (χ1) is 17.4. The number of aromatic nitrogens is 3. The van der Waals surface area contributed by atoms with Crippen molar-refractivity contribution >= 4 is 33.8 Å². The highest BCUT2D eigenvalue weighted by atomic mass is 32.1. The molecule has 0 unspecified atom stereocenters. The van der Waals surface area contributed by atoms with E-state index in [-0.39, 0.29) is 23.9 Å². The van der Waals surface area contributed by atoms with Crippen LogP contribution in [-0.4, -0.2) is 26.7 Å². The summed E-state index contributed by atoms with van der Waals surface area (Å²) in [6.07, 6.45) is 3.15. The summed E-state index contributed by atoms with van der Waals surface area (Å²) in [5.74, 6) is 0.281. The smallest absolute Gasteiger partial charge is 0.287 e. The molecule has 3 heterocycles. The van der Waals surface area contributed by atoms with Gasteiger partial charge in [-0.25, -0.2) is 14.1 Å². The fourth-order valence-corrected chi connectivity index (χ4v) is 5.45. The van der Waals surface area contributed by atoms with E-state index in [1.807, 2.05) is 57.2 Å². The van der Waals surface area contributed by atoms with Gasteiger partial charge in [0.15, 0.2) is 5.01 Å². The van der Waals surface area contributed by atoms with Crippen LogP contribution in [0.25, 0.3) is 16.6 Å². The molecule has 36 heavy (non-hydrogen) atoms. The number of fused-ring (bicyclic) bond motifs is 2. The number of benzene rings is 3. The summed E-state index contributed by atoms with van der Waals surface area (Å²) in [6.45, 7) is 5.96. The van der Waals surface area contributed by atoms with Crippen LogP contribution < -0.4 is 9.64 Å². The summed E-state index contributed by atoms with van der Waals surface area (Å²) in [5, 5.41) is 5.85. The van der Waals surface area contributed by atoms with E-state index in [1.165, 1.54) is 23.5 Å². The molecule has 0 saturated carbocycles. The van der Waals surface area contributed by atoms with Gasteiger partial charge in [0.25, 0.3) is 5.91 Å². The zero-order valence-electron chi connectivity index (χ0n) is 20.0. The van der Waals surface area contributed by atoms with Gasteiger partial charge in [-0.2, -0.15) is 5.10 Å². The van der Waals surface area contributed by atoms with Gasteiger partial charge in [0.2, 0.25) is 0 Å². The van der Waals surface area contributed by atoms with Crippen molar-refractivity contribution in [2.45, 2.75) is 32.9 Å². The van der Waals surface area contributed by atoms with Gasteiger partial charge in [-0.05, 0) is 74.9 Å². The molecule has 180 valence electrons. The number of hydrogen-bond donors (Lipinski definition) is 0. The molecule has 1 aliphatic rings. The van der Waals surface area contributed by atoms with Gasteiger partial charge in [0, 0.05) is 22.0 Å². The van der Waals surface area contributed by atoms with E-state index in [1.54, 1.807) is 34.1 Å². The minimum absolute atomic E-state index is 0.116. The molecule has 0 bridgehead atoms. The first-order valence-electron chi connectivity index (χ1n) is 11.7. The predicted molar refractivity (Wildman–Crippen MR) is 139 cm³/mol. The number of carbonyl (C=O) groups is 1. The fourth-order valence-electron chi connectivity index (χ4n) is 4.75. The van der Waals surface area contributed by atoms with Crippen molar-refractivity contribution in [3.63, 3.8) is 0 Å². The van der Waals surface area contributed by atoms with E-state index in [0.717, 1.165) is 38.3 Å². The fraction of sp³-hybridized carbons (Fsp3) is 0.179. The van der Waals surface area contributed by atoms with Crippen molar-refractivity contribution in [1.82, 2.24) is 14.8 Å². The number of hydrogen-bond acceptors (Lipinski definition) is 5. The molecule has 3 aromatic carbocycles. The molecule has 1 amide bonds. The molecule has 2 atom stereocenters. The molecule has 0 N–H and O–H groups in total. The number of halogens is 1. The van der Waals surface area contributed by atoms with Crippen LogP contribution in [0, 0.1) is 19.7 Å². The van der Waals surface area contributed by atoms with Crippen LogP contribution in [0.4, 0.5) is 10.1 Å². The van der Waals surface area contributed by atoms with Crippen LogP contribution in [0.1, 0.15) is 38.8 Å². The maximum atomic E-state index is 13.5. The number of aryl methyl sites for hydroxylation is 2. The van der Waals surface area contributed by atoms with E-state index in [4.69, 9.17) is 4.74 Å². The third-order valence-electron chi connectivity index (χ3n) is 6.49. The van der Waals surface area contributed by atoms with Crippen molar-refractivity contribution in [3.8, 4) is 11.4 Å². The molecule has 0 fully saturated rings. The van der Waals surface area contributed by atoms with E-state index in [9.17, 15) is 9.18 Å². The van der Waals surface area contributed by atoms with E-state index < -0.39 is 0 Å². The Balaban J connectivity index is 1.33. The summed E-state index contributed by atoms with van der Waals surface area (Å²) in [6, 6.07) is 17.9. The van der Waals surface area contributed by atoms with Crippen LogP contribution in [0.3, 0.4) is 0 Å². The molecular weight excluding hydrogens is 475 g/mol. The average molecular weight is 499 g/mol. The maximum Gasteiger partial charge on any atom is 0.287 e. The monoisotopic (exact) mass is 498 g/mol. The maximum absolute atomic E-state index is 13.5. The number of anilines is 1. The van der Waals surface area contributed by atoms with E-state index >= 15 is 0 Å². The first kappa shape index (κ1) is 22.4. The molecule has 6 nitrogen and oxygen atoms in total. The Labute approximate surface area is 211 Å². The standard InChI is InChI=1S/C28H23FN4O2S/c1-16-4-10-23-25(12-16)32(28(34)27-30-14-17(2)36-27)18(3)26(23)35-22-9-11-24-19(13-22)15-31-33(24)21-7-5-20(29)6-8-21/h4-15,18,26H,1-3H3/t18-,26-/m0/s1. The third kappa shape index (κ3) is 3.74. The highest BCUT2D eigenvalue weighted by Crippen LogP contribution is 2.43. The molecule has 0 aliphatic carbocycles. The number of rotatable bonds is 4. The zero-order chi connectivity index (χ0) is 25.0. The molecule has 0 radical (unpaired) electrons. The van der Waals surface area contributed by atoms with Gasteiger partial charge >= 0.3 is 0 Å². The van der Waals surface area contributed by atoms with Gasteiger partial charge in [-0.3, -0.25) is 9.69 Å². The molecule has 2 aromatic heterocycles. The second-order valence-corrected chi connectivity index (χ2v) is 10.3. The Morgan fingerprint density at radius 1 is 1.03 bits per heavy atom. The molecule has 5 aromatic rings. The quantitative estimate of drug-likeness (QED) is 0.287. The van der Waals surface area contributed by atoms with E-state index in [2.05, 4.69) is 10.1 Å². The summed E-state index contributed by atoms with van der Waals surface area (Å²) in [4.78, 5) is 20.6. The summed E-state index contributed by atoms with van der Waals surface area (Å²) >= 11 is 1.40. The normalized spacial score (nSPS) is 16.9. The highest BCUT2D eigenvalue weighted by molar-refractivity contribution is 7.13. The lowest BCUT2D eigenvalue weighted by molar-refractivity contribution is 0.0957. The largest absolute Gasteiger partial charge is 0.483 e. The lowest BCUT2D eigenvalue weighted by Crippen LogP contribution is -2.38. The van der Waals surface area contributed by atoms with Crippen molar-refractivity contribution < 1.29 is 13.9 Å². The lowest BCUT2D eigenvalue weighted by Gasteiger charge is -2.25. The predicted octanol–water partition coefficient (Wildman–Crippen LogP) is 6.41. The Hall–Kier alpha value is -4.04.